The predicted molar refractivity (Wildman–Crippen MR) is 77.8 cm³/mol. The molecule has 0 aliphatic rings. The maximum Gasteiger partial charge on any atom is 0.130 e. The van der Waals surface area contributed by atoms with E-state index in [2.05, 4.69) is 5.32 Å². The Kier molecular flexibility index (Phi) is 4.50. The van der Waals surface area contributed by atoms with Crippen LogP contribution in [0.15, 0.2) is 36.4 Å². The van der Waals surface area contributed by atoms with Gasteiger partial charge in [-0.1, -0.05) is 24.3 Å². The van der Waals surface area contributed by atoms with Crippen molar-refractivity contribution in [2.75, 3.05) is 7.05 Å². The zero-order chi connectivity index (χ0) is 14.7. The van der Waals surface area contributed by atoms with E-state index in [-0.39, 0.29) is 17.7 Å². The van der Waals surface area contributed by atoms with E-state index < -0.39 is 0 Å². The minimum Gasteiger partial charge on any atom is -0.313 e. The molecular formula is C17H19F2N. The lowest BCUT2D eigenvalue weighted by atomic mass is 9.95. The quantitative estimate of drug-likeness (QED) is 0.886. The highest BCUT2D eigenvalue weighted by molar-refractivity contribution is 5.32. The molecule has 106 valence electrons. The van der Waals surface area contributed by atoms with E-state index in [0.717, 1.165) is 11.1 Å². The molecule has 0 radical (unpaired) electrons. The molecule has 0 fully saturated rings. The van der Waals surface area contributed by atoms with E-state index in [1.807, 2.05) is 13.0 Å². The molecule has 1 atom stereocenters. The summed E-state index contributed by atoms with van der Waals surface area (Å²) in [6.45, 7) is 3.69. The van der Waals surface area contributed by atoms with Crippen LogP contribution in [0.5, 0.6) is 0 Å². The van der Waals surface area contributed by atoms with Crippen molar-refractivity contribution >= 4 is 0 Å². The van der Waals surface area contributed by atoms with Crippen LogP contribution in [0.2, 0.25) is 0 Å². The van der Waals surface area contributed by atoms with Gasteiger partial charge in [0.1, 0.15) is 11.6 Å². The highest BCUT2D eigenvalue weighted by Gasteiger charge is 2.16. The fourth-order valence-corrected chi connectivity index (χ4v) is 2.39. The lowest BCUT2D eigenvalue weighted by Gasteiger charge is -2.19. The predicted octanol–water partition coefficient (Wildman–Crippen LogP) is 4.08. The van der Waals surface area contributed by atoms with Gasteiger partial charge in [-0.15, -0.1) is 0 Å². The SMILES string of the molecule is CNC(Cc1cc(F)ccc1C)c1cccc(C)c1F. The lowest BCUT2D eigenvalue weighted by Crippen LogP contribution is -2.21. The maximum atomic E-state index is 14.2. The molecule has 2 rings (SSSR count). The second kappa shape index (κ2) is 6.14. The number of halogens is 2. The van der Waals surface area contributed by atoms with Gasteiger partial charge < -0.3 is 5.32 Å². The van der Waals surface area contributed by atoms with Crippen LogP contribution in [0.4, 0.5) is 8.78 Å². The first kappa shape index (κ1) is 14.7. The average molecular weight is 275 g/mol. The van der Waals surface area contributed by atoms with Gasteiger partial charge in [0.15, 0.2) is 0 Å². The van der Waals surface area contributed by atoms with Crippen molar-refractivity contribution in [3.8, 4) is 0 Å². The maximum absolute atomic E-state index is 14.2. The molecule has 1 unspecified atom stereocenters. The molecule has 2 aromatic carbocycles. The number of hydrogen-bond donors (Lipinski definition) is 1. The Bertz CT molecular complexity index is 608. The largest absolute Gasteiger partial charge is 0.313 e. The first-order valence-electron chi connectivity index (χ1n) is 6.70. The highest BCUT2D eigenvalue weighted by atomic mass is 19.1. The third-order valence-corrected chi connectivity index (χ3v) is 3.68. The third-order valence-electron chi connectivity index (χ3n) is 3.68. The number of aryl methyl sites for hydroxylation is 2. The molecule has 0 spiro atoms. The summed E-state index contributed by atoms with van der Waals surface area (Å²) < 4.78 is 27.6. The van der Waals surface area contributed by atoms with Crippen molar-refractivity contribution in [2.45, 2.75) is 26.3 Å². The minimum absolute atomic E-state index is 0.171. The molecule has 0 bridgehead atoms. The molecule has 0 saturated heterocycles. The van der Waals surface area contributed by atoms with Crippen molar-refractivity contribution in [2.24, 2.45) is 0 Å². The Morgan fingerprint density at radius 3 is 2.50 bits per heavy atom. The number of likely N-dealkylation sites (N-methyl/N-ethyl adjacent to an activating group) is 1. The molecule has 0 aromatic heterocycles. The van der Waals surface area contributed by atoms with Crippen molar-refractivity contribution < 1.29 is 8.78 Å². The summed E-state index contributed by atoms with van der Waals surface area (Å²) in [4.78, 5) is 0. The van der Waals surface area contributed by atoms with E-state index in [1.165, 1.54) is 12.1 Å². The normalized spacial score (nSPS) is 12.4. The molecule has 1 N–H and O–H groups in total. The van der Waals surface area contributed by atoms with Gasteiger partial charge in [-0.05, 0) is 56.1 Å². The van der Waals surface area contributed by atoms with Crippen LogP contribution in [-0.4, -0.2) is 7.05 Å². The number of benzene rings is 2. The van der Waals surface area contributed by atoms with E-state index in [1.54, 1.807) is 32.2 Å². The van der Waals surface area contributed by atoms with Gasteiger partial charge in [0.05, 0.1) is 0 Å². The second-order valence-electron chi connectivity index (χ2n) is 5.09. The third kappa shape index (κ3) is 3.05. The molecule has 2 aromatic rings. The summed E-state index contributed by atoms with van der Waals surface area (Å²) in [5.74, 6) is -0.453. The Morgan fingerprint density at radius 2 is 1.80 bits per heavy atom. The van der Waals surface area contributed by atoms with Crippen molar-refractivity contribution in [3.63, 3.8) is 0 Å². The van der Waals surface area contributed by atoms with Gasteiger partial charge in [0.25, 0.3) is 0 Å². The summed E-state index contributed by atoms with van der Waals surface area (Å²) in [6.07, 6.45) is 0.556. The fraction of sp³-hybridized carbons (Fsp3) is 0.294. The summed E-state index contributed by atoms with van der Waals surface area (Å²) in [5, 5.41) is 3.12. The van der Waals surface area contributed by atoms with Gasteiger partial charge in [0.2, 0.25) is 0 Å². The van der Waals surface area contributed by atoms with Gasteiger partial charge in [0, 0.05) is 11.6 Å². The molecule has 1 nitrogen and oxygen atoms in total. The number of nitrogens with one attached hydrogen (secondary N) is 1. The van der Waals surface area contributed by atoms with Gasteiger partial charge in [-0.25, -0.2) is 8.78 Å². The van der Waals surface area contributed by atoms with Crippen LogP contribution in [0, 0.1) is 25.5 Å². The molecule has 0 heterocycles. The Balaban J connectivity index is 2.34. The average Bonchev–Trinajstić information content (AvgIpc) is 2.43. The van der Waals surface area contributed by atoms with Crippen LogP contribution in [0.25, 0.3) is 0 Å². The molecule has 0 aliphatic heterocycles. The summed E-state index contributed by atoms with van der Waals surface area (Å²) in [7, 11) is 1.79. The first-order chi connectivity index (χ1) is 9.52. The van der Waals surface area contributed by atoms with E-state index >= 15 is 0 Å². The van der Waals surface area contributed by atoms with Crippen LogP contribution < -0.4 is 5.32 Å². The smallest absolute Gasteiger partial charge is 0.130 e. The Morgan fingerprint density at radius 1 is 1.05 bits per heavy atom. The molecule has 0 aliphatic carbocycles. The fourth-order valence-electron chi connectivity index (χ4n) is 2.39. The van der Waals surface area contributed by atoms with E-state index in [9.17, 15) is 8.78 Å². The van der Waals surface area contributed by atoms with Crippen molar-refractivity contribution in [1.82, 2.24) is 5.32 Å². The van der Waals surface area contributed by atoms with Crippen LogP contribution >= 0.6 is 0 Å². The van der Waals surface area contributed by atoms with Crippen LogP contribution in [0.1, 0.15) is 28.3 Å². The molecular weight excluding hydrogens is 256 g/mol. The first-order valence-corrected chi connectivity index (χ1v) is 6.70. The monoisotopic (exact) mass is 275 g/mol. The van der Waals surface area contributed by atoms with E-state index in [4.69, 9.17) is 0 Å². The number of rotatable bonds is 4. The van der Waals surface area contributed by atoms with Gasteiger partial charge in [-0.3, -0.25) is 0 Å². The zero-order valence-electron chi connectivity index (χ0n) is 12.0. The topological polar surface area (TPSA) is 12.0 Å². The highest BCUT2D eigenvalue weighted by Crippen LogP contribution is 2.24. The summed E-state index contributed by atoms with van der Waals surface area (Å²) in [6, 6.07) is 9.92. The Hall–Kier alpha value is -1.74. The summed E-state index contributed by atoms with van der Waals surface area (Å²) >= 11 is 0. The standard InChI is InChI=1S/C17H19F2N/c1-11-7-8-14(18)9-13(11)10-16(20-3)15-6-4-5-12(2)17(15)19/h4-9,16,20H,10H2,1-3H3. The van der Waals surface area contributed by atoms with Crippen molar-refractivity contribution in [1.29, 1.82) is 0 Å². The van der Waals surface area contributed by atoms with E-state index in [0.29, 0.717) is 17.5 Å². The van der Waals surface area contributed by atoms with Crippen LogP contribution in [-0.2, 0) is 6.42 Å². The van der Waals surface area contributed by atoms with Gasteiger partial charge >= 0.3 is 0 Å². The number of hydrogen-bond acceptors (Lipinski definition) is 1. The lowest BCUT2D eigenvalue weighted by molar-refractivity contribution is 0.527. The molecule has 3 heteroatoms. The summed E-state index contributed by atoms with van der Waals surface area (Å²) in [5.41, 5.74) is 3.15. The second-order valence-corrected chi connectivity index (χ2v) is 5.09. The molecule has 0 saturated carbocycles. The van der Waals surface area contributed by atoms with Crippen LogP contribution in [0.3, 0.4) is 0 Å². The van der Waals surface area contributed by atoms with Crippen molar-refractivity contribution in [3.05, 3.63) is 70.3 Å². The molecule has 0 amide bonds. The minimum atomic E-state index is -0.259. The zero-order valence-corrected chi connectivity index (χ0v) is 12.0. The molecule has 20 heavy (non-hydrogen) atoms. The Labute approximate surface area is 118 Å². The van der Waals surface area contributed by atoms with Gasteiger partial charge in [-0.2, -0.15) is 0 Å².